The second kappa shape index (κ2) is 5.13. The number of fused-ring (bicyclic) bond motifs is 1. The molecule has 0 saturated carbocycles. The van der Waals surface area contributed by atoms with Gasteiger partial charge in [0.1, 0.15) is 0 Å². The van der Waals surface area contributed by atoms with Gasteiger partial charge in [-0.3, -0.25) is 9.78 Å². The summed E-state index contributed by atoms with van der Waals surface area (Å²) in [6.07, 6.45) is 1.73. The van der Waals surface area contributed by atoms with Crippen LogP contribution in [0.3, 0.4) is 0 Å². The van der Waals surface area contributed by atoms with Crippen molar-refractivity contribution in [2.75, 3.05) is 11.1 Å². The van der Waals surface area contributed by atoms with Crippen molar-refractivity contribution in [3.05, 3.63) is 60.3 Å². The van der Waals surface area contributed by atoms with Crippen LogP contribution in [0.25, 0.3) is 10.9 Å². The first-order chi connectivity index (χ1) is 10.1. The van der Waals surface area contributed by atoms with Crippen LogP contribution >= 0.6 is 0 Å². The van der Waals surface area contributed by atoms with Gasteiger partial charge in [0.2, 0.25) is 0 Å². The molecule has 0 unspecified atom stereocenters. The highest BCUT2D eigenvalue weighted by molar-refractivity contribution is 6.01. The van der Waals surface area contributed by atoms with Gasteiger partial charge in [-0.15, -0.1) is 0 Å². The Morgan fingerprint density at radius 1 is 1.05 bits per heavy atom. The summed E-state index contributed by atoms with van der Waals surface area (Å²) in [6.45, 7) is 0. The van der Waals surface area contributed by atoms with Gasteiger partial charge in [0.05, 0.1) is 22.5 Å². The molecule has 1 amide bonds. The minimum Gasteiger partial charge on any atom is -0.399 e. The van der Waals surface area contributed by atoms with Crippen LogP contribution in [0.5, 0.6) is 0 Å². The number of hydrogen-bond acceptors (Lipinski definition) is 4. The Hall–Kier alpha value is -3.08. The predicted octanol–water partition coefficient (Wildman–Crippen LogP) is 2.66. The summed E-state index contributed by atoms with van der Waals surface area (Å²) in [5.41, 5.74) is 14.2. The van der Waals surface area contributed by atoms with E-state index in [-0.39, 0.29) is 0 Å². The summed E-state index contributed by atoms with van der Waals surface area (Å²) in [5, 5.41) is 4.22. The fourth-order valence-corrected chi connectivity index (χ4v) is 2.22. The van der Waals surface area contributed by atoms with Crippen molar-refractivity contribution in [3.8, 4) is 0 Å². The number of aromatic nitrogens is 1. The smallest absolute Gasteiger partial charge is 0.250 e. The first kappa shape index (κ1) is 12.9. The van der Waals surface area contributed by atoms with Crippen molar-refractivity contribution in [1.29, 1.82) is 0 Å². The number of carbonyl (C=O) groups is 1. The zero-order chi connectivity index (χ0) is 14.8. The van der Waals surface area contributed by atoms with E-state index in [1.807, 2.05) is 30.3 Å². The molecule has 0 aliphatic heterocycles. The second-order valence-electron chi connectivity index (χ2n) is 4.67. The number of para-hydroxylation sites is 1. The van der Waals surface area contributed by atoms with Gasteiger partial charge in [-0.1, -0.05) is 18.2 Å². The lowest BCUT2D eigenvalue weighted by Gasteiger charge is -2.12. The number of anilines is 3. The van der Waals surface area contributed by atoms with Crippen LogP contribution in [0.15, 0.2) is 54.7 Å². The van der Waals surface area contributed by atoms with Crippen molar-refractivity contribution in [3.63, 3.8) is 0 Å². The molecule has 1 aromatic heterocycles. The molecule has 104 valence electrons. The largest absolute Gasteiger partial charge is 0.399 e. The minimum absolute atomic E-state index is 0.350. The normalized spacial score (nSPS) is 10.5. The number of rotatable bonds is 3. The van der Waals surface area contributed by atoms with Gasteiger partial charge in [0, 0.05) is 17.3 Å². The molecule has 1 heterocycles. The fraction of sp³-hybridized carbons (Fsp3) is 0. The Bertz CT molecular complexity index is 824. The van der Waals surface area contributed by atoms with E-state index in [9.17, 15) is 4.79 Å². The average Bonchev–Trinajstić information content (AvgIpc) is 2.49. The number of nitrogens with zero attached hydrogens (tertiary/aromatic N) is 1. The maximum Gasteiger partial charge on any atom is 0.250 e. The number of nitrogens with two attached hydrogens (primary N) is 2. The number of benzene rings is 2. The summed E-state index contributed by atoms with van der Waals surface area (Å²) in [5.74, 6) is -0.530. The van der Waals surface area contributed by atoms with Gasteiger partial charge in [-0.2, -0.15) is 0 Å². The Balaban J connectivity index is 2.09. The number of nitrogens with one attached hydrogen (secondary N) is 1. The van der Waals surface area contributed by atoms with E-state index in [2.05, 4.69) is 10.3 Å². The Labute approximate surface area is 121 Å². The zero-order valence-corrected chi connectivity index (χ0v) is 11.2. The van der Waals surface area contributed by atoms with Gasteiger partial charge in [0.25, 0.3) is 5.91 Å². The predicted molar refractivity (Wildman–Crippen MR) is 84.4 cm³/mol. The first-order valence-corrected chi connectivity index (χ1v) is 6.45. The third-order valence-electron chi connectivity index (χ3n) is 3.21. The van der Waals surface area contributed by atoms with Gasteiger partial charge in [0.15, 0.2) is 0 Å². The molecule has 2 aromatic carbocycles. The molecular formula is C16H14N4O. The molecular weight excluding hydrogens is 264 g/mol. The van der Waals surface area contributed by atoms with Gasteiger partial charge >= 0.3 is 0 Å². The van der Waals surface area contributed by atoms with E-state index >= 15 is 0 Å². The maximum atomic E-state index is 11.5. The van der Waals surface area contributed by atoms with Crippen molar-refractivity contribution < 1.29 is 4.79 Å². The molecule has 3 rings (SSSR count). The van der Waals surface area contributed by atoms with E-state index in [0.29, 0.717) is 16.9 Å². The second-order valence-corrected chi connectivity index (χ2v) is 4.67. The SMILES string of the molecule is NC(=O)c1cc(N)ccc1Nc1cccc2cccnc12. The number of primary amides is 1. The standard InChI is InChI=1S/C16H14N4O/c17-11-6-7-13(12(9-11)16(18)21)20-14-5-1-3-10-4-2-8-19-15(10)14/h1-9,20H,17H2,(H2,18,21). The Morgan fingerprint density at radius 3 is 2.67 bits per heavy atom. The molecule has 0 atom stereocenters. The molecule has 0 bridgehead atoms. The van der Waals surface area contributed by atoms with Crippen LogP contribution in [0.1, 0.15) is 10.4 Å². The van der Waals surface area contributed by atoms with E-state index in [1.165, 1.54) is 0 Å². The van der Waals surface area contributed by atoms with Crippen LogP contribution in [0, 0.1) is 0 Å². The molecule has 3 aromatic rings. The molecule has 5 nitrogen and oxygen atoms in total. The van der Waals surface area contributed by atoms with Crippen molar-refractivity contribution in [2.24, 2.45) is 5.73 Å². The van der Waals surface area contributed by atoms with E-state index in [4.69, 9.17) is 11.5 Å². The zero-order valence-electron chi connectivity index (χ0n) is 11.2. The summed E-state index contributed by atoms with van der Waals surface area (Å²) in [4.78, 5) is 15.9. The van der Waals surface area contributed by atoms with Gasteiger partial charge < -0.3 is 16.8 Å². The molecule has 0 saturated heterocycles. The third-order valence-corrected chi connectivity index (χ3v) is 3.21. The minimum atomic E-state index is -0.530. The van der Waals surface area contributed by atoms with E-state index in [0.717, 1.165) is 16.6 Å². The van der Waals surface area contributed by atoms with Crippen LogP contribution in [-0.4, -0.2) is 10.9 Å². The monoisotopic (exact) mass is 278 g/mol. The summed E-state index contributed by atoms with van der Waals surface area (Å²) >= 11 is 0. The fourth-order valence-electron chi connectivity index (χ4n) is 2.22. The highest BCUT2D eigenvalue weighted by Gasteiger charge is 2.10. The van der Waals surface area contributed by atoms with E-state index in [1.54, 1.807) is 24.4 Å². The molecule has 5 heteroatoms. The average molecular weight is 278 g/mol. The van der Waals surface area contributed by atoms with Crippen LogP contribution < -0.4 is 16.8 Å². The Morgan fingerprint density at radius 2 is 1.86 bits per heavy atom. The number of carbonyl (C=O) groups excluding carboxylic acids is 1. The molecule has 0 aliphatic carbocycles. The molecule has 21 heavy (non-hydrogen) atoms. The van der Waals surface area contributed by atoms with Crippen LogP contribution in [0.4, 0.5) is 17.1 Å². The highest BCUT2D eigenvalue weighted by Crippen LogP contribution is 2.27. The summed E-state index contributed by atoms with van der Waals surface area (Å²) in [6, 6.07) is 14.7. The van der Waals surface area contributed by atoms with Crippen LogP contribution in [0.2, 0.25) is 0 Å². The summed E-state index contributed by atoms with van der Waals surface area (Å²) < 4.78 is 0. The topological polar surface area (TPSA) is 94.0 Å². The lowest BCUT2D eigenvalue weighted by Crippen LogP contribution is -2.13. The third kappa shape index (κ3) is 2.49. The highest BCUT2D eigenvalue weighted by atomic mass is 16.1. The lowest BCUT2D eigenvalue weighted by molar-refractivity contribution is 0.100. The Kier molecular flexibility index (Phi) is 3.16. The summed E-state index contributed by atoms with van der Waals surface area (Å²) in [7, 11) is 0. The van der Waals surface area contributed by atoms with Crippen molar-refractivity contribution in [1.82, 2.24) is 4.98 Å². The molecule has 5 N–H and O–H groups in total. The van der Waals surface area contributed by atoms with E-state index < -0.39 is 5.91 Å². The number of hydrogen-bond donors (Lipinski definition) is 3. The molecule has 0 fully saturated rings. The molecule has 0 spiro atoms. The quantitative estimate of drug-likeness (QED) is 0.642. The van der Waals surface area contributed by atoms with Crippen molar-refractivity contribution in [2.45, 2.75) is 0 Å². The first-order valence-electron chi connectivity index (χ1n) is 6.45. The van der Waals surface area contributed by atoms with Crippen LogP contribution in [-0.2, 0) is 0 Å². The molecule has 0 aliphatic rings. The molecule has 0 radical (unpaired) electrons. The number of amides is 1. The van der Waals surface area contributed by atoms with Crippen molar-refractivity contribution >= 4 is 33.9 Å². The number of pyridine rings is 1. The van der Waals surface area contributed by atoms with Gasteiger partial charge in [-0.25, -0.2) is 0 Å². The number of nitrogen functional groups attached to an aromatic ring is 1. The maximum absolute atomic E-state index is 11.5. The van der Waals surface area contributed by atoms with Gasteiger partial charge in [-0.05, 0) is 30.3 Å². The lowest BCUT2D eigenvalue weighted by atomic mass is 10.1.